The van der Waals surface area contributed by atoms with Crippen molar-refractivity contribution in [1.82, 2.24) is 4.98 Å². The number of halogens is 5. The highest BCUT2D eigenvalue weighted by atomic mass is 35.5. The molecule has 0 saturated carbocycles. The minimum atomic E-state index is -4.64. The normalized spacial score (nSPS) is 11.4. The Balaban J connectivity index is 2.75. The van der Waals surface area contributed by atoms with Crippen molar-refractivity contribution in [3.05, 3.63) is 39.5 Å². The minimum Gasteiger partial charge on any atom is -0.464 e. The Morgan fingerprint density at radius 2 is 1.83 bits per heavy atom. The van der Waals surface area contributed by atoms with Crippen LogP contribution in [0, 0.1) is 0 Å². The Morgan fingerprint density at radius 1 is 1.21 bits per heavy atom. The number of aromatic nitrogens is 1. The lowest BCUT2D eigenvalue weighted by Gasteiger charge is -2.14. The average molecular weight is 380 g/mol. The quantitative estimate of drug-likeness (QED) is 0.607. The lowest BCUT2D eigenvalue weighted by Crippen LogP contribution is -2.10. The second-order valence-electron chi connectivity index (χ2n) is 4.67. The molecule has 0 amide bonds. The van der Waals surface area contributed by atoms with Gasteiger partial charge in [-0.15, -0.1) is 0 Å². The molecule has 0 unspecified atom stereocenters. The fraction of sp³-hybridized carbons (Fsp3) is 0.143. The molecule has 2 rings (SSSR count). The van der Waals surface area contributed by atoms with Gasteiger partial charge in [0.25, 0.3) is 0 Å². The number of ether oxygens (including phenoxy) is 1. The van der Waals surface area contributed by atoms with Crippen LogP contribution in [0.25, 0.3) is 11.3 Å². The molecule has 0 atom stereocenters. The number of anilines is 2. The van der Waals surface area contributed by atoms with Crippen molar-refractivity contribution >= 4 is 40.5 Å². The van der Waals surface area contributed by atoms with Gasteiger partial charge in [-0.25, -0.2) is 9.78 Å². The Kier molecular flexibility index (Phi) is 4.82. The van der Waals surface area contributed by atoms with E-state index in [1.807, 2.05) is 0 Å². The van der Waals surface area contributed by atoms with E-state index in [2.05, 4.69) is 9.72 Å². The summed E-state index contributed by atoms with van der Waals surface area (Å²) in [5, 5.41) is -0.489. The molecule has 0 radical (unpaired) electrons. The van der Waals surface area contributed by atoms with Crippen LogP contribution in [-0.2, 0) is 10.9 Å². The monoisotopic (exact) mass is 379 g/mol. The van der Waals surface area contributed by atoms with Crippen LogP contribution >= 0.6 is 23.2 Å². The van der Waals surface area contributed by atoms with Gasteiger partial charge in [0.1, 0.15) is 0 Å². The summed E-state index contributed by atoms with van der Waals surface area (Å²) in [7, 11) is 1.10. The van der Waals surface area contributed by atoms with Crippen LogP contribution in [0.3, 0.4) is 0 Å². The van der Waals surface area contributed by atoms with E-state index in [-0.39, 0.29) is 38.4 Å². The van der Waals surface area contributed by atoms with Crippen molar-refractivity contribution in [2.24, 2.45) is 0 Å². The van der Waals surface area contributed by atoms with Gasteiger partial charge in [0, 0.05) is 5.56 Å². The number of nitrogen functional groups attached to an aromatic ring is 2. The molecule has 1 aromatic carbocycles. The first kappa shape index (κ1) is 18.2. The van der Waals surface area contributed by atoms with Gasteiger partial charge in [-0.05, 0) is 18.2 Å². The molecule has 1 aromatic heterocycles. The summed E-state index contributed by atoms with van der Waals surface area (Å²) in [5.74, 6) is -0.898. The average Bonchev–Trinajstić information content (AvgIpc) is 2.50. The predicted molar refractivity (Wildman–Crippen MR) is 84.9 cm³/mol. The molecule has 0 aliphatic carbocycles. The molecule has 0 bridgehead atoms. The molecule has 0 spiro atoms. The summed E-state index contributed by atoms with van der Waals surface area (Å²) < 4.78 is 43.4. The van der Waals surface area contributed by atoms with Gasteiger partial charge < -0.3 is 16.2 Å². The maximum absolute atomic E-state index is 13.0. The van der Waals surface area contributed by atoms with E-state index >= 15 is 0 Å². The Bertz CT molecular complexity index is 826. The van der Waals surface area contributed by atoms with Crippen LogP contribution in [-0.4, -0.2) is 18.1 Å². The first-order valence-corrected chi connectivity index (χ1v) is 7.02. The highest BCUT2D eigenvalue weighted by Gasteiger charge is 2.32. The molecule has 2 aromatic rings. The Labute approximate surface area is 144 Å². The summed E-state index contributed by atoms with van der Waals surface area (Å²) in [6.07, 6.45) is -4.64. The maximum atomic E-state index is 13.0. The third kappa shape index (κ3) is 3.34. The summed E-state index contributed by atoms with van der Waals surface area (Å²) >= 11 is 11.6. The Hall–Kier alpha value is -2.19. The number of esters is 1. The van der Waals surface area contributed by atoms with Gasteiger partial charge in [-0.2, -0.15) is 13.2 Å². The lowest BCUT2D eigenvalue weighted by atomic mass is 10.0. The second-order valence-corrected chi connectivity index (χ2v) is 5.45. The number of benzene rings is 1. The zero-order chi connectivity index (χ0) is 18.2. The maximum Gasteiger partial charge on any atom is 0.416 e. The number of methoxy groups -OCH3 is 1. The van der Waals surface area contributed by atoms with Crippen LogP contribution in [0.1, 0.15) is 16.1 Å². The fourth-order valence-electron chi connectivity index (χ4n) is 1.91. The number of nitrogens with zero attached hydrogens (tertiary/aromatic N) is 1. The topological polar surface area (TPSA) is 91.2 Å². The summed E-state index contributed by atoms with van der Waals surface area (Å²) in [5.41, 5.74) is 9.62. The highest BCUT2D eigenvalue weighted by Crippen LogP contribution is 2.40. The van der Waals surface area contributed by atoms with Crippen molar-refractivity contribution in [3.63, 3.8) is 0 Å². The zero-order valence-electron chi connectivity index (χ0n) is 12.0. The van der Waals surface area contributed by atoms with Gasteiger partial charge in [0.05, 0.1) is 39.8 Å². The number of alkyl halides is 3. The molecular weight excluding hydrogens is 370 g/mol. The van der Waals surface area contributed by atoms with Crippen molar-refractivity contribution in [2.45, 2.75) is 6.18 Å². The van der Waals surface area contributed by atoms with Gasteiger partial charge in [-0.1, -0.05) is 23.2 Å². The van der Waals surface area contributed by atoms with E-state index < -0.39 is 17.7 Å². The van der Waals surface area contributed by atoms with E-state index in [4.69, 9.17) is 34.7 Å². The summed E-state index contributed by atoms with van der Waals surface area (Å²) in [4.78, 5) is 15.6. The Morgan fingerprint density at radius 3 is 2.38 bits per heavy atom. The van der Waals surface area contributed by atoms with Crippen molar-refractivity contribution in [3.8, 4) is 11.3 Å². The first-order chi connectivity index (χ1) is 11.1. The molecular formula is C14H10Cl2F3N3O2. The summed E-state index contributed by atoms with van der Waals surface area (Å²) in [6, 6.07) is 2.65. The molecule has 0 saturated heterocycles. The predicted octanol–water partition coefficient (Wildman–Crippen LogP) is 4.03. The zero-order valence-corrected chi connectivity index (χ0v) is 13.6. The molecule has 0 aliphatic heterocycles. The molecule has 128 valence electrons. The summed E-state index contributed by atoms with van der Waals surface area (Å²) in [6.45, 7) is 0. The number of carbonyl (C=O) groups is 1. The van der Waals surface area contributed by atoms with Gasteiger partial charge in [-0.3, -0.25) is 0 Å². The van der Waals surface area contributed by atoms with Crippen LogP contribution < -0.4 is 11.5 Å². The molecule has 5 nitrogen and oxygen atoms in total. The van der Waals surface area contributed by atoms with Crippen LogP contribution in [0.2, 0.25) is 10.0 Å². The van der Waals surface area contributed by atoms with Crippen LogP contribution in [0.4, 0.5) is 24.5 Å². The molecule has 0 fully saturated rings. The molecule has 24 heavy (non-hydrogen) atoms. The number of hydrogen-bond donors (Lipinski definition) is 2. The third-order valence-electron chi connectivity index (χ3n) is 3.10. The van der Waals surface area contributed by atoms with Crippen LogP contribution in [0.5, 0.6) is 0 Å². The molecule has 4 N–H and O–H groups in total. The first-order valence-electron chi connectivity index (χ1n) is 6.27. The number of hydrogen-bond acceptors (Lipinski definition) is 5. The molecule has 1 heterocycles. The second kappa shape index (κ2) is 6.37. The van der Waals surface area contributed by atoms with Gasteiger partial charge >= 0.3 is 12.1 Å². The number of nitrogens with two attached hydrogens (primary N) is 2. The van der Waals surface area contributed by atoms with E-state index in [0.717, 1.165) is 13.2 Å². The number of pyridine rings is 1. The van der Waals surface area contributed by atoms with E-state index in [1.165, 1.54) is 6.07 Å². The van der Waals surface area contributed by atoms with E-state index in [1.54, 1.807) is 0 Å². The smallest absolute Gasteiger partial charge is 0.416 e. The van der Waals surface area contributed by atoms with Crippen molar-refractivity contribution in [2.75, 3.05) is 18.6 Å². The molecule has 0 aliphatic rings. The highest BCUT2D eigenvalue weighted by molar-refractivity contribution is 6.36. The lowest BCUT2D eigenvalue weighted by molar-refractivity contribution is -0.137. The van der Waals surface area contributed by atoms with Crippen molar-refractivity contribution < 1.29 is 22.7 Å². The third-order valence-corrected chi connectivity index (χ3v) is 3.81. The fourth-order valence-corrected chi connectivity index (χ4v) is 2.31. The van der Waals surface area contributed by atoms with E-state index in [9.17, 15) is 18.0 Å². The number of rotatable bonds is 2. The standard InChI is InChI=1S/C14H10Cl2F3N3O2/c1-24-13(23)12-10(16)8(20)4-9(22-12)6-2-5(14(17,18)19)3-7(15)11(6)21/h2-4H,21H2,1H3,(H2,20,22). The van der Waals surface area contributed by atoms with Crippen molar-refractivity contribution in [1.29, 1.82) is 0 Å². The van der Waals surface area contributed by atoms with Gasteiger partial charge in [0.15, 0.2) is 5.69 Å². The van der Waals surface area contributed by atoms with Crippen LogP contribution in [0.15, 0.2) is 18.2 Å². The number of carbonyl (C=O) groups excluding carboxylic acids is 1. The molecule has 10 heteroatoms. The minimum absolute atomic E-state index is 0.0741. The van der Waals surface area contributed by atoms with E-state index in [0.29, 0.717) is 6.07 Å². The SMILES string of the molecule is COC(=O)c1nc(-c2cc(C(F)(F)F)cc(Cl)c2N)cc(N)c1Cl. The largest absolute Gasteiger partial charge is 0.464 e. The van der Waals surface area contributed by atoms with Gasteiger partial charge in [0.2, 0.25) is 0 Å².